The standard InChI is InChI=1S/C20H26FN5O.HI/c1-4-15(5-2)19-10-17(27-26-19)13-25-20(23-6-3)24-12-16-9-14(11-22)7-8-18(16)21;/h7-10,15H,4-6,12-13H2,1-3H3,(H2,23,24,25);1H. The molecule has 0 fully saturated rings. The van der Waals surface area contributed by atoms with Gasteiger partial charge in [-0.15, -0.1) is 24.0 Å². The minimum atomic E-state index is -0.376. The number of aliphatic imine (C=N–C) groups is 1. The Morgan fingerprint density at radius 1 is 1.25 bits per heavy atom. The molecule has 1 heterocycles. The Morgan fingerprint density at radius 2 is 2.00 bits per heavy atom. The van der Waals surface area contributed by atoms with Gasteiger partial charge in [0.05, 0.1) is 30.4 Å². The zero-order valence-corrected chi connectivity index (χ0v) is 18.8. The highest BCUT2D eigenvalue weighted by atomic mass is 127. The van der Waals surface area contributed by atoms with E-state index >= 15 is 0 Å². The second-order valence-corrected chi connectivity index (χ2v) is 6.20. The summed E-state index contributed by atoms with van der Waals surface area (Å²) in [4.78, 5) is 4.39. The number of nitrogens with zero attached hydrogens (tertiary/aromatic N) is 3. The van der Waals surface area contributed by atoms with Gasteiger partial charge in [0, 0.05) is 24.1 Å². The normalized spacial score (nSPS) is 11.1. The van der Waals surface area contributed by atoms with Gasteiger partial charge in [-0.05, 0) is 38.0 Å². The molecule has 2 rings (SSSR count). The largest absolute Gasteiger partial charge is 0.359 e. The fraction of sp³-hybridized carbons (Fsp3) is 0.450. The van der Waals surface area contributed by atoms with Crippen molar-refractivity contribution in [3.05, 3.63) is 52.7 Å². The molecule has 0 atom stereocenters. The Bertz CT molecular complexity index is 811. The Balaban J connectivity index is 0.00000392. The third kappa shape index (κ3) is 6.78. The third-order valence-corrected chi connectivity index (χ3v) is 4.34. The maximum Gasteiger partial charge on any atom is 0.191 e. The van der Waals surface area contributed by atoms with Crippen molar-refractivity contribution >= 4 is 29.9 Å². The molecule has 0 unspecified atom stereocenters. The molecule has 0 aliphatic rings. The van der Waals surface area contributed by atoms with E-state index in [1.807, 2.05) is 19.1 Å². The van der Waals surface area contributed by atoms with E-state index in [1.165, 1.54) is 18.2 Å². The molecular formula is C20H27FIN5O. The monoisotopic (exact) mass is 499 g/mol. The molecule has 0 amide bonds. The Morgan fingerprint density at radius 3 is 2.64 bits per heavy atom. The highest BCUT2D eigenvalue weighted by Crippen LogP contribution is 2.22. The number of hydrogen-bond donors (Lipinski definition) is 2. The van der Waals surface area contributed by atoms with Crippen molar-refractivity contribution in [1.29, 1.82) is 5.26 Å². The van der Waals surface area contributed by atoms with Crippen LogP contribution in [0.3, 0.4) is 0 Å². The highest BCUT2D eigenvalue weighted by molar-refractivity contribution is 14.0. The summed E-state index contributed by atoms with van der Waals surface area (Å²) in [6, 6.07) is 8.23. The van der Waals surface area contributed by atoms with Crippen LogP contribution in [-0.2, 0) is 13.1 Å². The predicted molar refractivity (Wildman–Crippen MR) is 118 cm³/mol. The lowest BCUT2D eigenvalue weighted by Crippen LogP contribution is -2.36. The van der Waals surface area contributed by atoms with Crippen LogP contribution >= 0.6 is 24.0 Å². The number of halogens is 2. The number of nitriles is 1. The summed E-state index contributed by atoms with van der Waals surface area (Å²) in [6.45, 7) is 7.45. The topological polar surface area (TPSA) is 86.2 Å². The van der Waals surface area contributed by atoms with Crippen molar-refractivity contribution in [2.75, 3.05) is 6.54 Å². The second-order valence-electron chi connectivity index (χ2n) is 6.20. The maximum atomic E-state index is 13.9. The van der Waals surface area contributed by atoms with Crippen molar-refractivity contribution in [1.82, 2.24) is 15.8 Å². The van der Waals surface area contributed by atoms with Gasteiger partial charge in [-0.1, -0.05) is 19.0 Å². The molecule has 0 saturated carbocycles. The smallest absolute Gasteiger partial charge is 0.191 e. The Kier molecular flexibility index (Phi) is 10.5. The van der Waals surface area contributed by atoms with E-state index in [2.05, 4.69) is 34.6 Å². The molecule has 152 valence electrons. The summed E-state index contributed by atoms with van der Waals surface area (Å²) in [5, 5.41) is 19.4. The van der Waals surface area contributed by atoms with Crippen molar-refractivity contribution in [2.24, 2.45) is 4.99 Å². The number of guanidine groups is 1. The zero-order chi connectivity index (χ0) is 19.6. The molecule has 2 N–H and O–H groups in total. The molecule has 6 nitrogen and oxygen atoms in total. The van der Waals surface area contributed by atoms with Crippen LogP contribution in [0.4, 0.5) is 4.39 Å². The molecule has 0 aliphatic heterocycles. The average molecular weight is 499 g/mol. The number of nitrogens with one attached hydrogen (secondary N) is 2. The van der Waals surface area contributed by atoms with Crippen LogP contribution in [-0.4, -0.2) is 17.7 Å². The molecule has 0 radical (unpaired) electrons. The Labute approximate surface area is 182 Å². The van der Waals surface area contributed by atoms with Crippen LogP contribution in [0.1, 0.15) is 62.1 Å². The Hall–Kier alpha value is -2.15. The van der Waals surface area contributed by atoms with Crippen molar-refractivity contribution < 1.29 is 8.91 Å². The number of aromatic nitrogens is 1. The van der Waals surface area contributed by atoms with Gasteiger partial charge in [0.1, 0.15) is 5.82 Å². The van der Waals surface area contributed by atoms with E-state index in [0.29, 0.717) is 36.1 Å². The van der Waals surface area contributed by atoms with Gasteiger partial charge in [-0.3, -0.25) is 0 Å². The van der Waals surface area contributed by atoms with E-state index in [9.17, 15) is 4.39 Å². The number of benzene rings is 1. The molecule has 0 spiro atoms. The lowest BCUT2D eigenvalue weighted by atomic mass is 9.99. The van der Waals surface area contributed by atoms with Gasteiger partial charge < -0.3 is 15.2 Å². The lowest BCUT2D eigenvalue weighted by Gasteiger charge is -2.10. The number of rotatable bonds is 8. The minimum absolute atomic E-state index is 0. The van der Waals surface area contributed by atoms with Gasteiger partial charge in [0.2, 0.25) is 0 Å². The van der Waals surface area contributed by atoms with Gasteiger partial charge in [0.15, 0.2) is 11.7 Å². The van der Waals surface area contributed by atoms with Crippen LogP contribution in [0.25, 0.3) is 0 Å². The van der Waals surface area contributed by atoms with Crippen LogP contribution in [0.5, 0.6) is 0 Å². The quantitative estimate of drug-likeness (QED) is 0.318. The summed E-state index contributed by atoms with van der Waals surface area (Å²) in [6.07, 6.45) is 2.04. The van der Waals surface area contributed by atoms with Crippen molar-refractivity contribution in [3.8, 4) is 6.07 Å². The van der Waals surface area contributed by atoms with Gasteiger partial charge in [0.25, 0.3) is 0 Å². The predicted octanol–water partition coefficient (Wildman–Crippen LogP) is 4.46. The molecule has 1 aromatic carbocycles. The van der Waals surface area contributed by atoms with Gasteiger partial charge >= 0.3 is 0 Å². The van der Waals surface area contributed by atoms with E-state index in [1.54, 1.807) is 0 Å². The van der Waals surface area contributed by atoms with Crippen LogP contribution in [0, 0.1) is 17.1 Å². The molecule has 1 aromatic heterocycles. The summed E-state index contributed by atoms with van der Waals surface area (Å²) in [5.74, 6) is 1.29. The summed E-state index contributed by atoms with van der Waals surface area (Å²) < 4.78 is 19.3. The zero-order valence-electron chi connectivity index (χ0n) is 16.5. The molecule has 2 aromatic rings. The van der Waals surface area contributed by atoms with Crippen molar-refractivity contribution in [2.45, 2.75) is 52.6 Å². The van der Waals surface area contributed by atoms with E-state index < -0.39 is 0 Å². The van der Waals surface area contributed by atoms with Crippen LogP contribution in [0.15, 0.2) is 33.8 Å². The van der Waals surface area contributed by atoms with E-state index in [-0.39, 0.29) is 36.3 Å². The number of hydrogen-bond acceptors (Lipinski definition) is 4. The molecule has 0 bridgehead atoms. The third-order valence-electron chi connectivity index (χ3n) is 4.34. The SMILES string of the molecule is CCNC(=NCc1cc(C#N)ccc1F)NCc1cc(C(CC)CC)no1.I. The highest BCUT2D eigenvalue weighted by Gasteiger charge is 2.13. The first kappa shape index (κ1) is 23.9. The first-order chi connectivity index (χ1) is 13.1. The van der Waals surface area contributed by atoms with Crippen LogP contribution in [0.2, 0.25) is 0 Å². The summed E-state index contributed by atoms with van der Waals surface area (Å²) in [7, 11) is 0. The fourth-order valence-electron chi connectivity index (χ4n) is 2.75. The molecule has 0 saturated heterocycles. The fourth-order valence-corrected chi connectivity index (χ4v) is 2.75. The first-order valence-electron chi connectivity index (χ1n) is 9.27. The summed E-state index contributed by atoms with van der Waals surface area (Å²) >= 11 is 0. The van der Waals surface area contributed by atoms with Gasteiger partial charge in [-0.25, -0.2) is 9.38 Å². The van der Waals surface area contributed by atoms with E-state index in [0.717, 1.165) is 24.3 Å². The van der Waals surface area contributed by atoms with Crippen molar-refractivity contribution in [3.63, 3.8) is 0 Å². The molecule has 8 heteroatoms. The molecule has 28 heavy (non-hydrogen) atoms. The lowest BCUT2D eigenvalue weighted by molar-refractivity contribution is 0.368. The van der Waals surface area contributed by atoms with Crippen LogP contribution < -0.4 is 10.6 Å². The second kappa shape index (κ2) is 12.3. The molecular weight excluding hydrogens is 472 g/mol. The van der Waals surface area contributed by atoms with E-state index in [4.69, 9.17) is 9.78 Å². The molecule has 0 aliphatic carbocycles. The minimum Gasteiger partial charge on any atom is -0.359 e. The maximum absolute atomic E-state index is 13.9. The average Bonchev–Trinajstić information content (AvgIpc) is 3.15. The summed E-state index contributed by atoms with van der Waals surface area (Å²) in [5.41, 5.74) is 1.76. The van der Waals surface area contributed by atoms with Gasteiger partial charge in [-0.2, -0.15) is 5.26 Å². The first-order valence-corrected chi connectivity index (χ1v) is 9.27.